The van der Waals surface area contributed by atoms with Crippen LogP contribution in [0, 0.1) is 0 Å². The van der Waals surface area contributed by atoms with Crippen molar-refractivity contribution in [3.05, 3.63) is 69.7 Å². The van der Waals surface area contributed by atoms with Gasteiger partial charge in [0.2, 0.25) is 11.8 Å². The average Bonchev–Trinajstić information content (AvgIpc) is 2.69. The van der Waals surface area contributed by atoms with Crippen molar-refractivity contribution in [1.82, 2.24) is 10.2 Å². The Kier molecular flexibility index (Phi) is 8.81. The van der Waals surface area contributed by atoms with Crippen molar-refractivity contribution in [3.8, 4) is 0 Å². The fraction of sp³-hybridized carbons (Fsp3) is 0.364. The molecule has 6 heteroatoms. The maximum Gasteiger partial charge on any atom is 0.242 e. The van der Waals surface area contributed by atoms with Crippen molar-refractivity contribution in [1.29, 1.82) is 0 Å². The van der Waals surface area contributed by atoms with Crippen molar-refractivity contribution in [2.24, 2.45) is 0 Å². The van der Waals surface area contributed by atoms with E-state index in [9.17, 15) is 9.59 Å². The Bertz CT molecular complexity index is 793. The molecule has 1 atom stereocenters. The maximum atomic E-state index is 13.2. The average molecular weight is 421 g/mol. The molecule has 4 nitrogen and oxygen atoms in total. The van der Waals surface area contributed by atoms with E-state index in [4.69, 9.17) is 23.2 Å². The minimum absolute atomic E-state index is 0.124. The molecule has 28 heavy (non-hydrogen) atoms. The van der Waals surface area contributed by atoms with E-state index in [1.165, 1.54) is 0 Å². The van der Waals surface area contributed by atoms with Gasteiger partial charge in [0.15, 0.2) is 0 Å². The predicted molar refractivity (Wildman–Crippen MR) is 115 cm³/mol. The lowest BCUT2D eigenvalue weighted by Gasteiger charge is -2.31. The zero-order chi connectivity index (χ0) is 20.5. The number of hydrogen-bond donors (Lipinski definition) is 1. The molecule has 0 saturated heterocycles. The summed E-state index contributed by atoms with van der Waals surface area (Å²) >= 11 is 12.2. The second-order valence-electron chi connectivity index (χ2n) is 6.63. The molecular formula is C22H26Cl2N2O2. The van der Waals surface area contributed by atoms with Gasteiger partial charge in [-0.25, -0.2) is 0 Å². The van der Waals surface area contributed by atoms with Gasteiger partial charge in [-0.05, 0) is 42.2 Å². The van der Waals surface area contributed by atoms with Gasteiger partial charge in [0, 0.05) is 23.1 Å². The van der Waals surface area contributed by atoms with Gasteiger partial charge in [-0.15, -0.1) is 0 Å². The van der Waals surface area contributed by atoms with E-state index in [2.05, 4.69) is 5.32 Å². The fourth-order valence-electron chi connectivity index (χ4n) is 2.97. The van der Waals surface area contributed by atoms with Gasteiger partial charge in [0.1, 0.15) is 6.04 Å². The first-order valence-corrected chi connectivity index (χ1v) is 10.3. The zero-order valence-electron chi connectivity index (χ0n) is 16.3. The van der Waals surface area contributed by atoms with Crippen LogP contribution in [0.5, 0.6) is 0 Å². The van der Waals surface area contributed by atoms with Crippen LogP contribution in [0.3, 0.4) is 0 Å². The third kappa shape index (κ3) is 6.25. The second-order valence-corrected chi connectivity index (χ2v) is 7.48. The third-order valence-electron chi connectivity index (χ3n) is 4.50. The van der Waals surface area contributed by atoms with Crippen LogP contribution in [0.15, 0.2) is 48.5 Å². The van der Waals surface area contributed by atoms with Gasteiger partial charge in [-0.1, -0.05) is 67.4 Å². The van der Waals surface area contributed by atoms with Gasteiger partial charge in [-0.3, -0.25) is 9.59 Å². The summed E-state index contributed by atoms with van der Waals surface area (Å²) in [4.78, 5) is 27.5. The highest BCUT2D eigenvalue weighted by Gasteiger charge is 2.28. The molecule has 0 spiro atoms. The largest absolute Gasteiger partial charge is 0.354 e. The van der Waals surface area contributed by atoms with Gasteiger partial charge < -0.3 is 10.2 Å². The predicted octanol–water partition coefficient (Wildman–Crippen LogP) is 4.87. The Morgan fingerprint density at radius 1 is 1.04 bits per heavy atom. The molecule has 150 valence electrons. The van der Waals surface area contributed by atoms with E-state index in [-0.39, 0.29) is 24.8 Å². The molecule has 2 aromatic rings. The van der Waals surface area contributed by atoms with Crippen LogP contribution < -0.4 is 5.32 Å². The summed E-state index contributed by atoms with van der Waals surface area (Å²) in [5, 5.41) is 4.11. The molecule has 0 aromatic heterocycles. The number of carbonyl (C=O) groups is 2. The Morgan fingerprint density at radius 2 is 1.71 bits per heavy atom. The molecule has 0 aliphatic rings. The number of amides is 2. The molecule has 2 rings (SSSR count). The highest BCUT2D eigenvalue weighted by atomic mass is 35.5. The molecule has 0 radical (unpaired) electrons. The lowest BCUT2D eigenvalue weighted by molar-refractivity contribution is -0.140. The SMILES string of the molecule is CCCNC(=O)C(CC)N(Cc1ccccc1Cl)C(=O)Cc1ccc(Cl)cc1. The van der Waals surface area contributed by atoms with E-state index < -0.39 is 6.04 Å². The molecule has 0 aliphatic carbocycles. The Labute approximate surface area is 176 Å². The van der Waals surface area contributed by atoms with E-state index in [0.29, 0.717) is 23.0 Å². The summed E-state index contributed by atoms with van der Waals surface area (Å²) in [6.45, 7) is 4.77. The Hall–Kier alpha value is -2.04. The minimum Gasteiger partial charge on any atom is -0.354 e. The first-order valence-electron chi connectivity index (χ1n) is 9.51. The summed E-state index contributed by atoms with van der Waals surface area (Å²) < 4.78 is 0. The Balaban J connectivity index is 2.27. The van der Waals surface area contributed by atoms with E-state index in [0.717, 1.165) is 17.5 Å². The van der Waals surface area contributed by atoms with Gasteiger partial charge in [-0.2, -0.15) is 0 Å². The number of halogens is 2. The summed E-state index contributed by atoms with van der Waals surface area (Å²) in [6.07, 6.45) is 1.55. The van der Waals surface area contributed by atoms with Crippen LogP contribution in [0.2, 0.25) is 10.0 Å². The van der Waals surface area contributed by atoms with Crippen molar-refractivity contribution >= 4 is 35.0 Å². The van der Waals surface area contributed by atoms with Crippen molar-refractivity contribution < 1.29 is 9.59 Å². The number of benzene rings is 2. The molecule has 0 saturated carbocycles. The molecule has 0 aliphatic heterocycles. The summed E-state index contributed by atoms with van der Waals surface area (Å²) in [5.41, 5.74) is 1.66. The number of carbonyl (C=O) groups excluding carboxylic acids is 2. The molecular weight excluding hydrogens is 395 g/mol. The normalized spacial score (nSPS) is 11.7. The van der Waals surface area contributed by atoms with Crippen LogP contribution in [-0.2, 0) is 22.6 Å². The smallest absolute Gasteiger partial charge is 0.242 e. The number of hydrogen-bond acceptors (Lipinski definition) is 2. The fourth-order valence-corrected chi connectivity index (χ4v) is 3.30. The second kappa shape index (κ2) is 11.1. The summed E-state index contributed by atoms with van der Waals surface area (Å²) in [6, 6.07) is 14.0. The van der Waals surface area contributed by atoms with Crippen LogP contribution in [-0.4, -0.2) is 29.3 Å². The van der Waals surface area contributed by atoms with Crippen LogP contribution >= 0.6 is 23.2 Å². The van der Waals surface area contributed by atoms with Gasteiger partial charge in [0.05, 0.1) is 6.42 Å². The third-order valence-corrected chi connectivity index (χ3v) is 5.12. The lowest BCUT2D eigenvalue weighted by Crippen LogP contribution is -2.49. The van der Waals surface area contributed by atoms with Crippen molar-refractivity contribution in [2.75, 3.05) is 6.54 Å². The monoisotopic (exact) mass is 420 g/mol. The molecule has 2 amide bonds. The highest BCUT2D eigenvalue weighted by molar-refractivity contribution is 6.31. The van der Waals surface area contributed by atoms with E-state index in [1.807, 2.05) is 44.2 Å². The van der Waals surface area contributed by atoms with Crippen LogP contribution in [0.25, 0.3) is 0 Å². The first kappa shape index (κ1) is 22.3. The zero-order valence-corrected chi connectivity index (χ0v) is 17.8. The standard InChI is InChI=1S/C22H26Cl2N2O2/c1-3-13-25-22(28)20(4-2)26(15-17-7-5-6-8-19(17)24)21(27)14-16-9-11-18(23)12-10-16/h5-12,20H,3-4,13-15H2,1-2H3,(H,25,28). The van der Waals surface area contributed by atoms with Crippen LogP contribution in [0.1, 0.15) is 37.8 Å². The molecule has 2 aromatic carbocycles. The number of nitrogens with zero attached hydrogens (tertiary/aromatic N) is 1. The molecule has 1 unspecified atom stereocenters. The van der Waals surface area contributed by atoms with Gasteiger partial charge >= 0.3 is 0 Å². The lowest BCUT2D eigenvalue weighted by atomic mass is 10.1. The van der Waals surface area contributed by atoms with Crippen molar-refractivity contribution in [3.63, 3.8) is 0 Å². The molecule has 0 fully saturated rings. The number of nitrogens with one attached hydrogen (secondary N) is 1. The minimum atomic E-state index is -0.553. The van der Waals surface area contributed by atoms with Crippen LogP contribution in [0.4, 0.5) is 0 Å². The summed E-state index contributed by atoms with van der Waals surface area (Å²) in [7, 11) is 0. The molecule has 1 N–H and O–H groups in total. The maximum absolute atomic E-state index is 13.2. The first-order chi connectivity index (χ1) is 13.5. The quantitative estimate of drug-likeness (QED) is 0.628. The summed E-state index contributed by atoms with van der Waals surface area (Å²) in [5.74, 6) is -0.262. The topological polar surface area (TPSA) is 49.4 Å². The van der Waals surface area contributed by atoms with Crippen molar-refractivity contribution in [2.45, 2.75) is 45.7 Å². The number of rotatable bonds is 9. The van der Waals surface area contributed by atoms with E-state index >= 15 is 0 Å². The van der Waals surface area contributed by atoms with Gasteiger partial charge in [0.25, 0.3) is 0 Å². The Morgan fingerprint density at radius 3 is 2.32 bits per heavy atom. The highest BCUT2D eigenvalue weighted by Crippen LogP contribution is 2.21. The molecule has 0 heterocycles. The van der Waals surface area contributed by atoms with E-state index in [1.54, 1.807) is 23.1 Å². The molecule has 0 bridgehead atoms.